The smallest absolute Gasteiger partial charge is 0.163 e. The number of H-pyrrole nitrogens is 1. The third-order valence-electron chi connectivity index (χ3n) is 3.97. The zero-order valence-corrected chi connectivity index (χ0v) is 11.3. The number of aromatic nitrogens is 2. The van der Waals surface area contributed by atoms with Crippen LogP contribution in [0.3, 0.4) is 0 Å². The number of rotatable bonds is 2. The van der Waals surface area contributed by atoms with Gasteiger partial charge in [-0.05, 0) is 7.05 Å². The fourth-order valence-electron chi connectivity index (χ4n) is 2.85. The Labute approximate surface area is 116 Å². The van der Waals surface area contributed by atoms with Gasteiger partial charge in [-0.2, -0.15) is 0 Å². The number of ether oxygens (including phenoxy) is 3. The zero-order chi connectivity index (χ0) is 13.5. The number of hydrogen-bond donors (Lipinski definition) is 2. The monoisotopic (exact) mass is 275 g/mol. The van der Waals surface area contributed by atoms with Crippen LogP contribution in [0.25, 0.3) is 11.0 Å². The molecule has 6 heteroatoms. The molecule has 0 radical (unpaired) electrons. The number of hydrogen-bond acceptors (Lipinski definition) is 5. The molecule has 3 heterocycles. The van der Waals surface area contributed by atoms with Gasteiger partial charge < -0.3 is 24.5 Å². The molecule has 0 bridgehead atoms. The molecule has 0 saturated carbocycles. The zero-order valence-electron chi connectivity index (χ0n) is 11.3. The molecule has 1 aromatic heterocycles. The van der Waals surface area contributed by atoms with Gasteiger partial charge in [-0.3, -0.25) is 0 Å². The average Bonchev–Trinajstić information content (AvgIpc) is 3.10. The summed E-state index contributed by atoms with van der Waals surface area (Å²) in [5.41, 5.74) is 1.89. The van der Waals surface area contributed by atoms with Crippen molar-refractivity contribution >= 4 is 11.0 Å². The van der Waals surface area contributed by atoms with Gasteiger partial charge in [-0.15, -0.1) is 0 Å². The van der Waals surface area contributed by atoms with Crippen molar-refractivity contribution in [3.05, 3.63) is 18.0 Å². The normalized spacial score (nSPS) is 25.2. The lowest BCUT2D eigenvalue weighted by atomic mass is 10.0. The molecular formula is C14H17N3O3. The van der Waals surface area contributed by atoms with E-state index in [2.05, 4.69) is 15.3 Å². The lowest BCUT2D eigenvalue weighted by molar-refractivity contribution is 0.172. The highest BCUT2D eigenvalue weighted by atomic mass is 16.6. The number of likely N-dealkylation sites (N-methyl/N-ethyl adjacent to an activating group) is 1. The molecular weight excluding hydrogens is 258 g/mol. The molecule has 1 aromatic carbocycles. The molecule has 2 unspecified atom stereocenters. The molecule has 2 aliphatic rings. The Balaban J connectivity index is 1.75. The first-order valence-corrected chi connectivity index (χ1v) is 6.89. The molecule has 20 heavy (non-hydrogen) atoms. The SMILES string of the molecule is CNC1COCC1c1nc2cc3c(cc2[nH]1)OCCO3. The van der Waals surface area contributed by atoms with E-state index in [9.17, 15) is 0 Å². The highest BCUT2D eigenvalue weighted by Crippen LogP contribution is 2.35. The summed E-state index contributed by atoms with van der Waals surface area (Å²) >= 11 is 0. The number of benzene rings is 1. The molecule has 1 fully saturated rings. The minimum Gasteiger partial charge on any atom is -0.486 e. The predicted octanol–water partition coefficient (Wildman–Crippen LogP) is 1.04. The third-order valence-corrected chi connectivity index (χ3v) is 3.97. The molecule has 106 valence electrons. The largest absolute Gasteiger partial charge is 0.486 e. The lowest BCUT2D eigenvalue weighted by Crippen LogP contribution is -2.31. The van der Waals surface area contributed by atoms with Gasteiger partial charge >= 0.3 is 0 Å². The number of fused-ring (bicyclic) bond motifs is 2. The maximum absolute atomic E-state index is 5.60. The van der Waals surface area contributed by atoms with E-state index in [1.54, 1.807) is 0 Å². The van der Waals surface area contributed by atoms with Crippen LogP contribution in [0.2, 0.25) is 0 Å². The maximum Gasteiger partial charge on any atom is 0.163 e. The van der Waals surface area contributed by atoms with Crippen molar-refractivity contribution in [2.45, 2.75) is 12.0 Å². The van der Waals surface area contributed by atoms with Crippen LogP contribution >= 0.6 is 0 Å². The summed E-state index contributed by atoms with van der Waals surface area (Å²) in [7, 11) is 1.95. The second-order valence-corrected chi connectivity index (χ2v) is 5.17. The minimum absolute atomic E-state index is 0.256. The minimum atomic E-state index is 0.256. The molecule has 0 spiro atoms. The van der Waals surface area contributed by atoms with Crippen molar-refractivity contribution in [2.24, 2.45) is 0 Å². The van der Waals surface area contributed by atoms with Crippen molar-refractivity contribution in [1.29, 1.82) is 0 Å². The summed E-state index contributed by atoms with van der Waals surface area (Å²) in [5, 5.41) is 3.28. The predicted molar refractivity (Wildman–Crippen MR) is 73.5 cm³/mol. The molecule has 2 aliphatic heterocycles. The van der Waals surface area contributed by atoms with Crippen LogP contribution in [-0.2, 0) is 4.74 Å². The van der Waals surface area contributed by atoms with Crippen molar-refractivity contribution in [2.75, 3.05) is 33.5 Å². The number of imidazole rings is 1. The molecule has 2 N–H and O–H groups in total. The van der Waals surface area contributed by atoms with Crippen LogP contribution in [0.5, 0.6) is 11.5 Å². The van der Waals surface area contributed by atoms with Crippen molar-refractivity contribution in [3.8, 4) is 11.5 Å². The topological polar surface area (TPSA) is 68.4 Å². The fourth-order valence-corrected chi connectivity index (χ4v) is 2.85. The van der Waals surface area contributed by atoms with Gasteiger partial charge in [0.2, 0.25) is 0 Å². The molecule has 2 atom stereocenters. The van der Waals surface area contributed by atoms with Crippen LogP contribution in [0.15, 0.2) is 12.1 Å². The lowest BCUT2D eigenvalue weighted by Gasteiger charge is -2.17. The van der Waals surface area contributed by atoms with Crippen molar-refractivity contribution in [3.63, 3.8) is 0 Å². The summed E-state index contributed by atoms with van der Waals surface area (Å²) in [6.07, 6.45) is 0. The molecule has 6 nitrogen and oxygen atoms in total. The molecule has 0 aliphatic carbocycles. The molecule has 1 saturated heterocycles. The van der Waals surface area contributed by atoms with Gasteiger partial charge in [-0.1, -0.05) is 0 Å². The van der Waals surface area contributed by atoms with E-state index in [0.717, 1.165) is 35.0 Å². The Hall–Kier alpha value is -1.79. The number of nitrogens with one attached hydrogen (secondary N) is 2. The number of nitrogens with zero attached hydrogens (tertiary/aromatic N) is 1. The van der Waals surface area contributed by atoms with E-state index in [0.29, 0.717) is 25.9 Å². The molecule has 4 rings (SSSR count). The van der Waals surface area contributed by atoms with Crippen LogP contribution < -0.4 is 14.8 Å². The van der Waals surface area contributed by atoms with Gasteiger partial charge in [-0.25, -0.2) is 4.98 Å². The van der Waals surface area contributed by atoms with E-state index >= 15 is 0 Å². The standard InChI is InChI=1S/C14H17N3O3/c1-15-11-7-18-6-8(11)14-16-9-4-12-13(5-10(9)17-14)20-3-2-19-12/h4-5,8,11,15H,2-3,6-7H2,1H3,(H,16,17). The first kappa shape index (κ1) is 12.0. The summed E-state index contributed by atoms with van der Waals surface area (Å²) in [5.74, 6) is 2.77. The Kier molecular flexibility index (Phi) is 2.78. The second-order valence-electron chi connectivity index (χ2n) is 5.17. The summed E-state index contributed by atoms with van der Waals surface area (Å²) < 4.78 is 16.7. The number of aromatic amines is 1. The van der Waals surface area contributed by atoms with Crippen LogP contribution in [0, 0.1) is 0 Å². The van der Waals surface area contributed by atoms with Crippen molar-refractivity contribution in [1.82, 2.24) is 15.3 Å². The molecule has 0 amide bonds. The molecule has 2 aromatic rings. The van der Waals surface area contributed by atoms with Crippen LogP contribution in [-0.4, -0.2) is 49.5 Å². The van der Waals surface area contributed by atoms with Gasteiger partial charge in [0, 0.05) is 18.2 Å². The van der Waals surface area contributed by atoms with Gasteiger partial charge in [0.1, 0.15) is 19.0 Å². The highest BCUT2D eigenvalue weighted by Gasteiger charge is 2.31. The Morgan fingerprint density at radius 1 is 1.20 bits per heavy atom. The summed E-state index contributed by atoms with van der Waals surface area (Å²) in [6.45, 7) is 2.60. The Morgan fingerprint density at radius 2 is 2.00 bits per heavy atom. The van der Waals surface area contributed by atoms with E-state index in [-0.39, 0.29) is 5.92 Å². The second kappa shape index (κ2) is 4.64. The third kappa shape index (κ3) is 1.83. The summed E-state index contributed by atoms with van der Waals surface area (Å²) in [6, 6.07) is 4.20. The quantitative estimate of drug-likeness (QED) is 0.857. The van der Waals surface area contributed by atoms with Gasteiger partial charge in [0.05, 0.1) is 30.2 Å². The van der Waals surface area contributed by atoms with Gasteiger partial charge in [0.15, 0.2) is 11.5 Å². The highest BCUT2D eigenvalue weighted by molar-refractivity contribution is 5.80. The fraction of sp³-hybridized carbons (Fsp3) is 0.500. The van der Waals surface area contributed by atoms with E-state index < -0.39 is 0 Å². The average molecular weight is 275 g/mol. The first-order valence-electron chi connectivity index (χ1n) is 6.89. The van der Waals surface area contributed by atoms with E-state index in [1.807, 2.05) is 19.2 Å². The Morgan fingerprint density at radius 3 is 2.80 bits per heavy atom. The van der Waals surface area contributed by atoms with E-state index in [4.69, 9.17) is 14.2 Å². The van der Waals surface area contributed by atoms with E-state index in [1.165, 1.54) is 0 Å². The van der Waals surface area contributed by atoms with Crippen LogP contribution in [0.4, 0.5) is 0 Å². The summed E-state index contributed by atoms with van der Waals surface area (Å²) in [4.78, 5) is 8.08. The van der Waals surface area contributed by atoms with Crippen LogP contribution in [0.1, 0.15) is 11.7 Å². The van der Waals surface area contributed by atoms with Crippen molar-refractivity contribution < 1.29 is 14.2 Å². The first-order chi connectivity index (χ1) is 9.85. The maximum atomic E-state index is 5.60. The Bertz CT molecular complexity index is 597. The van der Waals surface area contributed by atoms with Gasteiger partial charge in [0.25, 0.3) is 0 Å².